The predicted molar refractivity (Wildman–Crippen MR) is 75.4 cm³/mol. The number of benzene rings is 2. The van der Waals surface area contributed by atoms with Crippen molar-refractivity contribution in [3.63, 3.8) is 0 Å². The highest BCUT2D eigenvalue weighted by Gasteiger charge is 2.44. The number of fused-ring (bicyclic) bond motifs is 1. The Morgan fingerprint density at radius 3 is 2.39 bits per heavy atom. The Morgan fingerprint density at radius 1 is 1.06 bits per heavy atom. The van der Waals surface area contributed by atoms with Crippen LogP contribution in [0.25, 0.3) is 10.8 Å². The molecule has 0 spiro atoms. The molecule has 3 rings (SSSR count). The molecule has 2 aromatic carbocycles. The first-order chi connectivity index (χ1) is 8.58. The lowest BCUT2D eigenvalue weighted by Gasteiger charge is -2.46. The van der Waals surface area contributed by atoms with E-state index in [1.807, 2.05) is 6.07 Å². The van der Waals surface area contributed by atoms with E-state index in [-0.39, 0.29) is 0 Å². The Labute approximate surface area is 108 Å². The van der Waals surface area contributed by atoms with Gasteiger partial charge in [0.15, 0.2) is 0 Å². The van der Waals surface area contributed by atoms with Crippen molar-refractivity contribution in [2.75, 3.05) is 0 Å². The van der Waals surface area contributed by atoms with Crippen LogP contribution in [0.4, 0.5) is 0 Å². The fraction of sp³-hybridized carbons (Fsp3) is 0.412. The molecule has 0 unspecified atom stereocenters. The SMILES string of the molecule is CC(C)C1CC(O)(c2ccc3ccccc3c2)C1. The molecule has 0 atom stereocenters. The van der Waals surface area contributed by atoms with Crippen molar-refractivity contribution in [3.05, 3.63) is 48.0 Å². The van der Waals surface area contributed by atoms with Gasteiger partial charge in [0.05, 0.1) is 5.60 Å². The molecule has 1 heteroatoms. The molecule has 1 aliphatic rings. The Kier molecular flexibility index (Phi) is 2.67. The Balaban J connectivity index is 1.91. The van der Waals surface area contributed by atoms with Crippen molar-refractivity contribution in [2.24, 2.45) is 11.8 Å². The van der Waals surface area contributed by atoms with Crippen LogP contribution in [0.5, 0.6) is 0 Å². The van der Waals surface area contributed by atoms with E-state index in [9.17, 15) is 5.11 Å². The van der Waals surface area contributed by atoms with E-state index in [0.29, 0.717) is 11.8 Å². The van der Waals surface area contributed by atoms with E-state index in [1.54, 1.807) is 0 Å². The molecule has 0 aromatic heterocycles. The number of rotatable bonds is 2. The molecule has 94 valence electrons. The molecule has 1 N–H and O–H groups in total. The smallest absolute Gasteiger partial charge is 0.0902 e. The molecule has 2 aromatic rings. The van der Waals surface area contributed by atoms with Crippen LogP contribution >= 0.6 is 0 Å². The van der Waals surface area contributed by atoms with Gasteiger partial charge in [0, 0.05) is 0 Å². The summed E-state index contributed by atoms with van der Waals surface area (Å²) in [5, 5.41) is 13.1. The van der Waals surface area contributed by atoms with Gasteiger partial charge in [0.25, 0.3) is 0 Å². The minimum atomic E-state index is -0.584. The molecule has 0 heterocycles. The fourth-order valence-corrected chi connectivity index (χ4v) is 2.99. The van der Waals surface area contributed by atoms with Crippen LogP contribution in [-0.4, -0.2) is 5.11 Å². The summed E-state index contributed by atoms with van der Waals surface area (Å²) in [7, 11) is 0. The van der Waals surface area contributed by atoms with Gasteiger partial charge >= 0.3 is 0 Å². The van der Waals surface area contributed by atoms with Gasteiger partial charge in [-0.05, 0) is 47.1 Å². The second-order valence-electron chi connectivity index (χ2n) is 6.01. The summed E-state index contributed by atoms with van der Waals surface area (Å²) in [6.07, 6.45) is 1.81. The van der Waals surface area contributed by atoms with Gasteiger partial charge < -0.3 is 5.11 Å². The summed E-state index contributed by atoms with van der Waals surface area (Å²) < 4.78 is 0. The van der Waals surface area contributed by atoms with Gasteiger partial charge in [-0.25, -0.2) is 0 Å². The van der Waals surface area contributed by atoms with Crippen LogP contribution in [0.3, 0.4) is 0 Å². The normalized spacial score (nSPS) is 27.4. The summed E-state index contributed by atoms with van der Waals surface area (Å²) in [5.41, 5.74) is 0.497. The zero-order chi connectivity index (χ0) is 12.8. The van der Waals surface area contributed by atoms with Gasteiger partial charge in [0.2, 0.25) is 0 Å². The maximum atomic E-state index is 10.7. The first-order valence-corrected chi connectivity index (χ1v) is 6.80. The molecular formula is C17H20O. The third kappa shape index (κ3) is 1.83. The van der Waals surface area contributed by atoms with Crippen molar-refractivity contribution in [1.82, 2.24) is 0 Å². The maximum Gasteiger partial charge on any atom is 0.0902 e. The van der Waals surface area contributed by atoms with Gasteiger partial charge in [-0.2, -0.15) is 0 Å². The van der Waals surface area contributed by atoms with E-state index in [2.05, 4.69) is 50.2 Å². The minimum absolute atomic E-state index is 0.584. The topological polar surface area (TPSA) is 20.2 Å². The van der Waals surface area contributed by atoms with Crippen molar-refractivity contribution in [1.29, 1.82) is 0 Å². The summed E-state index contributed by atoms with van der Waals surface area (Å²) in [6.45, 7) is 4.48. The number of hydrogen-bond acceptors (Lipinski definition) is 1. The summed E-state index contributed by atoms with van der Waals surface area (Å²) in [6, 6.07) is 14.7. The van der Waals surface area contributed by atoms with Crippen LogP contribution in [0.2, 0.25) is 0 Å². The largest absolute Gasteiger partial charge is 0.385 e. The standard InChI is InChI=1S/C17H20O/c1-12(2)15-10-17(18,11-15)16-8-7-13-5-3-4-6-14(13)9-16/h3-9,12,15,18H,10-11H2,1-2H3. The second-order valence-corrected chi connectivity index (χ2v) is 6.01. The van der Waals surface area contributed by atoms with Crippen molar-refractivity contribution in [2.45, 2.75) is 32.3 Å². The lowest BCUT2D eigenvalue weighted by Crippen LogP contribution is -2.43. The van der Waals surface area contributed by atoms with Crippen LogP contribution in [-0.2, 0) is 5.60 Å². The monoisotopic (exact) mass is 240 g/mol. The molecule has 18 heavy (non-hydrogen) atoms. The van der Waals surface area contributed by atoms with E-state index < -0.39 is 5.60 Å². The lowest BCUT2D eigenvalue weighted by atomic mass is 9.63. The molecule has 1 fully saturated rings. The molecule has 1 saturated carbocycles. The van der Waals surface area contributed by atoms with Gasteiger partial charge in [-0.1, -0.05) is 50.2 Å². The molecule has 0 amide bonds. The molecule has 0 bridgehead atoms. The van der Waals surface area contributed by atoms with Gasteiger partial charge in [-0.15, -0.1) is 0 Å². The van der Waals surface area contributed by atoms with Crippen LogP contribution < -0.4 is 0 Å². The zero-order valence-electron chi connectivity index (χ0n) is 11.1. The van der Waals surface area contributed by atoms with Gasteiger partial charge in [0.1, 0.15) is 0 Å². The first-order valence-electron chi connectivity index (χ1n) is 6.80. The summed E-state index contributed by atoms with van der Waals surface area (Å²) in [4.78, 5) is 0. The highest BCUT2D eigenvalue weighted by molar-refractivity contribution is 5.83. The van der Waals surface area contributed by atoms with Crippen LogP contribution in [0.15, 0.2) is 42.5 Å². The van der Waals surface area contributed by atoms with Crippen LogP contribution in [0, 0.1) is 11.8 Å². The quantitative estimate of drug-likeness (QED) is 0.838. The number of aliphatic hydroxyl groups is 1. The van der Waals surface area contributed by atoms with E-state index in [1.165, 1.54) is 10.8 Å². The molecule has 1 nitrogen and oxygen atoms in total. The van der Waals surface area contributed by atoms with Crippen molar-refractivity contribution >= 4 is 10.8 Å². The predicted octanol–water partition coefficient (Wildman–Crippen LogP) is 4.09. The highest BCUT2D eigenvalue weighted by atomic mass is 16.3. The summed E-state index contributed by atoms with van der Waals surface area (Å²) >= 11 is 0. The fourth-order valence-electron chi connectivity index (χ4n) is 2.99. The van der Waals surface area contributed by atoms with Crippen molar-refractivity contribution < 1.29 is 5.11 Å². The average molecular weight is 240 g/mol. The van der Waals surface area contributed by atoms with E-state index >= 15 is 0 Å². The van der Waals surface area contributed by atoms with Gasteiger partial charge in [-0.3, -0.25) is 0 Å². The Morgan fingerprint density at radius 2 is 1.72 bits per heavy atom. The first kappa shape index (κ1) is 11.7. The Bertz CT molecular complexity index is 565. The molecule has 0 saturated heterocycles. The zero-order valence-corrected chi connectivity index (χ0v) is 11.1. The number of hydrogen-bond donors (Lipinski definition) is 1. The molecule has 1 aliphatic carbocycles. The second kappa shape index (κ2) is 4.10. The Hall–Kier alpha value is -1.34. The van der Waals surface area contributed by atoms with Crippen molar-refractivity contribution in [3.8, 4) is 0 Å². The van der Waals surface area contributed by atoms with E-state index in [0.717, 1.165) is 18.4 Å². The van der Waals surface area contributed by atoms with Crippen LogP contribution in [0.1, 0.15) is 32.3 Å². The maximum absolute atomic E-state index is 10.7. The molecule has 0 aliphatic heterocycles. The average Bonchev–Trinajstić information content (AvgIpc) is 2.34. The summed E-state index contributed by atoms with van der Waals surface area (Å²) in [5.74, 6) is 1.34. The molecular weight excluding hydrogens is 220 g/mol. The lowest BCUT2D eigenvalue weighted by molar-refractivity contribution is -0.0932. The third-order valence-electron chi connectivity index (χ3n) is 4.43. The third-order valence-corrected chi connectivity index (χ3v) is 4.43. The van der Waals surface area contributed by atoms with E-state index in [4.69, 9.17) is 0 Å². The highest BCUT2D eigenvalue weighted by Crippen LogP contribution is 2.48. The molecule has 0 radical (unpaired) electrons. The minimum Gasteiger partial charge on any atom is -0.385 e.